The fraction of sp³-hybridized carbons (Fsp3) is 0.538. The minimum absolute atomic E-state index is 0.0204. The average molecular weight is 256 g/mol. The van der Waals surface area contributed by atoms with Crippen LogP contribution in [-0.4, -0.2) is 15.0 Å². The molecular weight excluding hydrogens is 236 g/mol. The summed E-state index contributed by atoms with van der Waals surface area (Å²) in [5.74, 6) is 0. The molecule has 0 heterocycles. The second-order valence-corrected chi connectivity index (χ2v) is 6.67. The summed E-state index contributed by atoms with van der Waals surface area (Å²) >= 11 is 0. The molecule has 0 saturated heterocycles. The van der Waals surface area contributed by atoms with Crippen LogP contribution in [0.15, 0.2) is 29.2 Å². The van der Waals surface area contributed by atoms with Gasteiger partial charge in [0.1, 0.15) is 0 Å². The quantitative estimate of drug-likeness (QED) is 0.777. The highest BCUT2D eigenvalue weighted by Gasteiger charge is 2.17. The van der Waals surface area contributed by atoms with Crippen LogP contribution < -0.4 is 0 Å². The van der Waals surface area contributed by atoms with Crippen LogP contribution in [-0.2, 0) is 19.7 Å². The first-order valence-corrected chi connectivity index (χ1v) is 7.18. The third-order valence-corrected chi connectivity index (χ3v) is 3.78. The Hall–Kier alpha value is -0.870. The molecule has 0 saturated carbocycles. The van der Waals surface area contributed by atoms with E-state index in [1.165, 1.54) is 0 Å². The molecule has 96 valence electrons. The molecule has 3 nitrogen and oxygen atoms in total. The maximum atomic E-state index is 11.7. The van der Waals surface area contributed by atoms with Crippen LogP contribution >= 0.6 is 0 Å². The third kappa shape index (κ3) is 3.82. The summed E-state index contributed by atoms with van der Waals surface area (Å²) in [6.45, 7) is 8.36. The number of hydrogen-bond donors (Lipinski definition) is 0. The van der Waals surface area contributed by atoms with E-state index in [1.807, 2.05) is 19.1 Å². The number of benzene rings is 1. The zero-order valence-electron chi connectivity index (χ0n) is 10.9. The van der Waals surface area contributed by atoms with Gasteiger partial charge in [-0.15, -0.1) is 0 Å². The molecule has 0 aliphatic heterocycles. The molecule has 0 unspecified atom stereocenters. The minimum atomic E-state index is -3.58. The molecule has 0 spiro atoms. The van der Waals surface area contributed by atoms with Gasteiger partial charge in [-0.05, 0) is 29.5 Å². The Balaban J connectivity index is 2.95. The Labute approximate surface area is 104 Å². The van der Waals surface area contributed by atoms with Gasteiger partial charge in [0.2, 0.25) is 0 Å². The monoisotopic (exact) mass is 256 g/mol. The summed E-state index contributed by atoms with van der Waals surface area (Å²) < 4.78 is 28.3. The van der Waals surface area contributed by atoms with E-state index in [-0.39, 0.29) is 16.9 Å². The van der Waals surface area contributed by atoms with Crippen molar-refractivity contribution >= 4 is 10.1 Å². The van der Waals surface area contributed by atoms with Gasteiger partial charge in [-0.1, -0.05) is 39.8 Å². The largest absolute Gasteiger partial charge is 0.296 e. The number of rotatable bonds is 4. The average Bonchev–Trinajstić information content (AvgIpc) is 2.25. The van der Waals surface area contributed by atoms with Crippen LogP contribution in [0.2, 0.25) is 0 Å². The van der Waals surface area contributed by atoms with Gasteiger partial charge in [-0.2, -0.15) is 8.42 Å². The molecule has 0 atom stereocenters. The lowest BCUT2D eigenvalue weighted by atomic mass is 9.87. The molecule has 0 aliphatic rings. The van der Waals surface area contributed by atoms with E-state index in [1.54, 1.807) is 12.1 Å². The van der Waals surface area contributed by atoms with Crippen LogP contribution in [0.4, 0.5) is 0 Å². The SMILES string of the molecule is CCCOS(=O)(=O)c1ccc(C(C)(C)C)cc1. The van der Waals surface area contributed by atoms with E-state index in [2.05, 4.69) is 20.8 Å². The molecule has 0 aliphatic carbocycles. The highest BCUT2D eigenvalue weighted by molar-refractivity contribution is 7.86. The maximum Gasteiger partial charge on any atom is 0.296 e. The Morgan fingerprint density at radius 1 is 1.12 bits per heavy atom. The summed E-state index contributed by atoms with van der Waals surface area (Å²) in [4.78, 5) is 0.221. The van der Waals surface area contributed by atoms with Crippen molar-refractivity contribution in [3.8, 4) is 0 Å². The summed E-state index contributed by atoms with van der Waals surface area (Å²) in [5, 5.41) is 0. The molecule has 0 amide bonds. The maximum absolute atomic E-state index is 11.7. The van der Waals surface area contributed by atoms with E-state index in [4.69, 9.17) is 4.18 Å². The van der Waals surface area contributed by atoms with Crippen molar-refractivity contribution in [2.75, 3.05) is 6.61 Å². The summed E-state index contributed by atoms with van der Waals surface area (Å²) in [7, 11) is -3.58. The van der Waals surface area contributed by atoms with E-state index < -0.39 is 10.1 Å². The molecule has 0 aromatic heterocycles. The van der Waals surface area contributed by atoms with Crippen molar-refractivity contribution in [1.29, 1.82) is 0 Å². The van der Waals surface area contributed by atoms with Gasteiger partial charge < -0.3 is 0 Å². The molecule has 4 heteroatoms. The van der Waals surface area contributed by atoms with Gasteiger partial charge >= 0.3 is 0 Å². The number of hydrogen-bond acceptors (Lipinski definition) is 3. The molecular formula is C13H20O3S. The Morgan fingerprint density at radius 2 is 1.65 bits per heavy atom. The second-order valence-electron chi connectivity index (χ2n) is 5.05. The zero-order valence-corrected chi connectivity index (χ0v) is 11.7. The van der Waals surface area contributed by atoms with E-state index >= 15 is 0 Å². The molecule has 1 aromatic rings. The van der Waals surface area contributed by atoms with Crippen molar-refractivity contribution < 1.29 is 12.6 Å². The summed E-state index contributed by atoms with van der Waals surface area (Å²) in [6.07, 6.45) is 0.680. The molecule has 1 rings (SSSR count). The third-order valence-electron chi connectivity index (χ3n) is 2.45. The van der Waals surface area contributed by atoms with Gasteiger partial charge in [0.05, 0.1) is 11.5 Å². The fourth-order valence-electron chi connectivity index (χ4n) is 1.38. The van der Waals surface area contributed by atoms with Crippen LogP contribution in [0.5, 0.6) is 0 Å². The van der Waals surface area contributed by atoms with Crippen LogP contribution in [0.25, 0.3) is 0 Å². The lowest BCUT2D eigenvalue weighted by Crippen LogP contribution is -2.12. The Morgan fingerprint density at radius 3 is 2.06 bits per heavy atom. The van der Waals surface area contributed by atoms with Crippen LogP contribution in [0.3, 0.4) is 0 Å². The van der Waals surface area contributed by atoms with Crippen molar-refractivity contribution in [3.05, 3.63) is 29.8 Å². The predicted octanol–water partition coefficient (Wildman–Crippen LogP) is 3.10. The standard InChI is InChI=1S/C13H20O3S/c1-5-10-16-17(14,15)12-8-6-11(7-9-12)13(2,3)4/h6-9H,5,10H2,1-4H3. The van der Waals surface area contributed by atoms with E-state index in [9.17, 15) is 8.42 Å². The molecule has 0 fully saturated rings. The smallest absolute Gasteiger partial charge is 0.266 e. The first-order valence-electron chi connectivity index (χ1n) is 5.77. The summed E-state index contributed by atoms with van der Waals surface area (Å²) in [6, 6.07) is 6.88. The Kier molecular flexibility index (Phi) is 4.33. The highest BCUT2D eigenvalue weighted by Crippen LogP contribution is 2.23. The molecule has 0 N–H and O–H groups in total. The summed E-state index contributed by atoms with van der Waals surface area (Å²) in [5.41, 5.74) is 1.12. The van der Waals surface area contributed by atoms with Crippen molar-refractivity contribution in [3.63, 3.8) is 0 Å². The highest BCUT2D eigenvalue weighted by atomic mass is 32.2. The van der Waals surface area contributed by atoms with Gasteiger partial charge in [0, 0.05) is 0 Å². The minimum Gasteiger partial charge on any atom is -0.266 e. The molecule has 0 bridgehead atoms. The first kappa shape index (κ1) is 14.2. The van der Waals surface area contributed by atoms with E-state index in [0.717, 1.165) is 5.56 Å². The van der Waals surface area contributed by atoms with Crippen molar-refractivity contribution in [2.45, 2.75) is 44.4 Å². The zero-order chi connectivity index (χ0) is 13.1. The molecule has 17 heavy (non-hydrogen) atoms. The molecule has 0 radical (unpaired) electrons. The van der Waals surface area contributed by atoms with E-state index in [0.29, 0.717) is 6.42 Å². The predicted molar refractivity (Wildman–Crippen MR) is 68.6 cm³/mol. The van der Waals surface area contributed by atoms with Gasteiger partial charge in [0.25, 0.3) is 10.1 Å². The normalized spacial score (nSPS) is 12.7. The Bertz CT molecular complexity index is 452. The fourth-order valence-corrected chi connectivity index (χ4v) is 2.37. The van der Waals surface area contributed by atoms with Crippen molar-refractivity contribution in [1.82, 2.24) is 0 Å². The van der Waals surface area contributed by atoms with Gasteiger partial charge in [-0.25, -0.2) is 0 Å². The lowest BCUT2D eigenvalue weighted by molar-refractivity contribution is 0.318. The van der Waals surface area contributed by atoms with Crippen molar-refractivity contribution in [2.24, 2.45) is 0 Å². The van der Waals surface area contributed by atoms with Gasteiger partial charge in [-0.3, -0.25) is 4.18 Å². The second kappa shape index (κ2) is 5.19. The van der Waals surface area contributed by atoms with Gasteiger partial charge in [0.15, 0.2) is 0 Å². The lowest BCUT2D eigenvalue weighted by Gasteiger charge is -2.19. The van der Waals surface area contributed by atoms with Crippen LogP contribution in [0, 0.1) is 0 Å². The first-order chi connectivity index (χ1) is 7.77. The van der Waals surface area contributed by atoms with Crippen LogP contribution in [0.1, 0.15) is 39.7 Å². The topological polar surface area (TPSA) is 43.4 Å². The molecule has 1 aromatic carbocycles.